The summed E-state index contributed by atoms with van der Waals surface area (Å²) >= 11 is 0. The normalized spacial score (nSPS) is 11.0. The van der Waals surface area contributed by atoms with Crippen molar-refractivity contribution in [2.45, 2.75) is 6.92 Å². The maximum Gasteiger partial charge on any atom is 0.181 e. The van der Waals surface area contributed by atoms with Crippen LogP contribution in [0.15, 0.2) is 60.8 Å². The van der Waals surface area contributed by atoms with Gasteiger partial charge in [0.25, 0.3) is 0 Å². The summed E-state index contributed by atoms with van der Waals surface area (Å²) in [6.45, 7) is 2.05. The number of anilines is 1. The molecule has 0 aliphatic carbocycles. The lowest BCUT2D eigenvalue weighted by Crippen LogP contribution is -2.08. The number of para-hydroxylation sites is 1. The van der Waals surface area contributed by atoms with E-state index in [-0.39, 0.29) is 0 Å². The summed E-state index contributed by atoms with van der Waals surface area (Å²) in [5, 5.41) is 11.9. The molecule has 5 heteroatoms. The zero-order valence-electron chi connectivity index (χ0n) is 12.6. The van der Waals surface area contributed by atoms with Crippen LogP contribution in [0.2, 0.25) is 0 Å². The fraction of sp³-hybridized carbons (Fsp3) is 0.118. The molecular formula is C17H17N5. The quantitative estimate of drug-likeness (QED) is 0.741. The van der Waals surface area contributed by atoms with Crippen LogP contribution in [0.1, 0.15) is 11.4 Å². The van der Waals surface area contributed by atoms with E-state index in [9.17, 15) is 0 Å². The number of benzene rings is 2. The molecule has 0 saturated carbocycles. The Morgan fingerprint density at radius 1 is 1.00 bits per heavy atom. The van der Waals surface area contributed by atoms with E-state index < -0.39 is 0 Å². The minimum absolute atomic E-state index is 0.687. The molecule has 22 heavy (non-hydrogen) atoms. The average molecular weight is 291 g/mol. The molecule has 0 aliphatic heterocycles. The highest BCUT2D eigenvalue weighted by Gasteiger charge is 2.05. The largest absolute Gasteiger partial charge is 0.351 e. The molecule has 0 saturated heterocycles. The van der Waals surface area contributed by atoms with Crippen LogP contribution in [0.25, 0.3) is 11.8 Å². The number of aromatic nitrogens is 4. The van der Waals surface area contributed by atoms with Gasteiger partial charge in [0.1, 0.15) is 0 Å². The van der Waals surface area contributed by atoms with Crippen LogP contribution in [-0.2, 0) is 0 Å². The molecular weight excluding hydrogens is 274 g/mol. The van der Waals surface area contributed by atoms with Gasteiger partial charge in [-0.25, -0.2) is 0 Å². The first kappa shape index (κ1) is 14.0. The monoisotopic (exact) mass is 291 g/mol. The first-order valence-corrected chi connectivity index (χ1v) is 7.05. The van der Waals surface area contributed by atoms with Gasteiger partial charge < -0.3 is 4.90 Å². The fourth-order valence-electron chi connectivity index (χ4n) is 2.10. The minimum atomic E-state index is 0.687. The SMILES string of the molecule is Cc1ccc(-n2nnnc2/C=C/N(C)c2ccccc2)cc1. The van der Waals surface area contributed by atoms with E-state index in [1.54, 1.807) is 4.68 Å². The van der Waals surface area contributed by atoms with Gasteiger partial charge in [0.05, 0.1) is 5.69 Å². The zero-order chi connectivity index (χ0) is 15.4. The maximum atomic E-state index is 4.07. The number of tetrazole rings is 1. The molecule has 0 N–H and O–H groups in total. The second-order valence-corrected chi connectivity index (χ2v) is 5.05. The summed E-state index contributed by atoms with van der Waals surface area (Å²) < 4.78 is 1.72. The third kappa shape index (κ3) is 3.03. The van der Waals surface area contributed by atoms with Crippen molar-refractivity contribution >= 4 is 11.8 Å². The fourth-order valence-corrected chi connectivity index (χ4v) is 2.10. The molecule has 110 valence electrons. The number of hydrogen-bond donors (Lipinski definition) is 0. The highest BCUT2D eigenvalue weighted by Crippen LogP contribution is 2.13. The van der Waals surface area contributed by atoms with Gasteiger partial charge in [-0.3, -0.25) is 0 Å². The molecule has 5 nitrogen and oxygen atoms in total. The summed E-state index contributed by atoms with van der Waals surface area (Å²) in [4.78, 5) is 2.02. The van der Waals surface area contributed by atoms with Crippen LogP contribution in [0.4, 0.5) is 5.69 Å². The van der Waals surface area contributed by atoms with Gasteiger partial charge in [-0.05, 0) is 41.6 Å². The van der Waals surface area contributed by atoms with Crippen molar-refractivity contribution in [1.82, 2.24) is 20.2 Å². The summed E-state index contributed by atoms with van der Waals surface area (Å²) in [5.74, 6) is 0.687. The second kappa shape index (κ2) is 6.22. The Labute approximate surface area is 129 Å². The number of nitrogens with zero attached hydrogens (tertiary/aromatic N) is 5. The molecule has 1 aromatic heterocycles. The summed E-state index contributed by atoms with van der Waals surface area (Å²) in [7, 11) is 1.99. The van der Waals surface area contributed by atoms with Crippen molar-refractivity contribution in [2.24, 2.45) is 0 Å². The smallest absolute Gasteiger partial charge is 0.181 e. The number of aryl methyl sites for hydroxylation is 1. The zero-order valence-corrected chi connectivity index (χ0v) is 12.6. The van der Waals surface area contributed by atoms with Crippen molar-refractivity contribution in [1.29, 1.82) is 0 Å². The average Bonchev–Trinajstić information content (AvgIpc) is 3.02. The summed E-state index contributed by atoms with van der Waals surface area (Å²) in [5.41, 5.74) is 3.25. The highest BCUT2D eigenvalue weighted by atomic mass is 15.5. The van der Waals surface area contributed by atoms with Crippen LogP contribution in [-0.4, -0.2) is 27.3 Å². The standard InChI is InChI=1S/C17H17N5/c1-14-8-10-16(11-9-14)22-17(18-19-20-22)12-13-21(2)15-6-4-3-5-7-15/h3-13H,1-2H3/b13-12+. The Morgan fingerprint density at radius 2 is 1.73 bits per heavy atom. The van der Waals surface area contributed by atoms with Crippen LogP contribution in [0, 0.1) is 6.92 Å². The molecule has 0 fully saturated rings. The Bertz CT molecular complexity index is 759. The van der Waals surface area contributed by atoms with Crippen molar-refractivity contribution in [3.63, 3.8) is 0 Å². The Balaban J connectivity index is 1.83. The summed E-state index contributed by atoms with van der Waals surface area (Å²) in [6, 6.07) is 18.2. The topological polar surface area (TPSA) is 46.8 Å². The van der Waals surface area contributed by atoms with Crippen LogP contribution >= 0.6 is 0 Å². The maximum absolute atomic E-state index is 4.07. The van der Waals surface area contributed by atoms with Crippen molar-refractivity contribution in [3.05, 3.63) is 72.2 Å². The van der Waals surface area contributed by atoms with E-state index in [1.165, 1.54) is 5.56 Å². The first-order valence-electron chi connectivity index (χ1n) is 7.05. The van der Waals surface area contributed by atoms with E-state index in [4.69, 9.17) is 0 Å². The van der Waals surface area contributed by atoms with Gasteiger partial charge in [0.15, 0.2) is 5.82 Å². The molecule has 1 heterocycles. The lowest BCUT2D eigenvalue weighted by molar-refractivity contribution is 0.786. The number of hydrogen-bond acceptors (Lipinski definition) is 4. The molecule has 0 spiro atoms. The van der Waals surface area contributed by atoms with E-state index >= 15 is 0 Å². The van der Waals surface area contributed by atoms with E-state index in [1.807, 2.05) is 78.8 Å². The molecule has 3 rings (SSSR count). The van der Waals surface area contributed by atoms with E-state index in [2.05, 4.69) is 22.4 Å². The molecule has 2 aromatic carbocycles. The molecule has 0 atom stereocenters. The highest BCUT2D eigenvalue weighted by molar-refractivity contribution is 5.54. The van der Waals surface area contributed by atoms with Crippen molar-refractivity contribution in [2.75, 3.05) is 11.9 Å². The molecule has 0 amide bonds. The number of rotatable bonds is 4. The molecule has 0 radical (unpaired) electrons. The predicted octanol–water partition coefficient (Wildman–Crippen LogP) is 3.08. The Morgan fingerprint density at radius 3 is 2.45 bits per heavy atom. The van der Waals surface area contributed by atoms with Gasteiger partial charge in [0.2, 0.25) is 0 Å². The molecule has 0 aliphatic rings. The van der Waals surface area contributed by atoms with Crippen molar-refractivity contribution in [3.8, 4) is 5.69 Å². The predicted molar refractivity (Wildman–Crippen MR) is 87.8 cm³/mol. The van der Waals surface area contributed by atoms with Gasteiger partial charge in [0, 0.05) is 25.0 Å². The second-order valence-electron chi connectivity index (χ2n) is 5.05. The molecule has 0 bridgehead atoms. The molecule has 3 aromatic rings. The van der Waals surface area contributed by atoms with E-state index in [0.717, 1.165) is 11.4 Å². The molecule has 0 unspecified atom stereocenters. The van der Waals surface area contributed by atoms with Gasteiger partial charge >= 0.3 is 0 Å². The van der Waals surface area contributed by atoms with Crippen LogP contribution in [0.3, 0.4) is 0 Å². The third-order valence-corrected chi connectivity index (χ3v) is 3.38. The lowest BCUT2D eigenvalue weighted by atomic mass is 10.2. The van der Waals surface area contributed by atoms with Crippen LogP contribution in [0.5, 0.6) is 0 Å². The van der Waals surface area contributed by atoms with Crippen LogP contribution < -0.4 is 4.90 Å². The van der Waals surface area contributed by atoms with Gasteiger partial charge in [-0.15, -0.1) is 5.10 Å². The Hall–Kier alpha value is -2.95. The lowest BCUT2D eigenvalue weighted by Gasteiger charge is -2.13. The summed E-state index contributed by atoms with van der Waals surface area (Å²) in [6.07, 6.45) is 3.85. The first-order chi connectivity index (χ1) is 10.7. The third-order valence-electron chi connectivity index (χ3n) is 3.38. The minimum Gasteiger partial charge on any atom is -0.351 e. The van der Waals surface area contributed by atoms with Gasteiger partial charge in [-0.1, -0.05) is 35.9 Å². The van der Waals surface area contributed by atoms with E-state index in [0.29, 0.717) is 5.82 Å². The Kier molecular flexibility index (Phi) is 3.96. The van der Waals surface area contributed by atoms with Gasteiger partial charge in [-0.2, -0.15) is 4.68 Å². The van der Waals surface area contributed by atoms with Crippen molar-refractivity contribution < 1.29 is 0 Å².